The summed E-state index contributed by atoms with van der Waals surface area (Å²) >= 11 is 5.96. The molecule has 18 heavy (non-hydrogen) atoms. The summed E-state index contributed by atoms with van der Waals surface area (Å²) in [5.41, 5.74) is 0.304. The second kappa shape index (κ2) is 7.38. The Kier molecular flexibility index (Phi) is 6.15. The van der Waals surface area contributed by atoms with E-state index >= 15 is 0 Å². The monoisotopic (exact) mass is 272 g/mol. The topological polar surface area (TPSA) is 50.2 Å². The van der Waals surface area contributed by atoms with E-state index in [0.717, 1.165) is 19.6 Å². The highest BCUT2D eigenvalue weighted by Crippen LogP contribution is 2.13. The molecule has 102 valence electrons. The fourth-order valence-corrected chi connectivity index (χ4v) is 1.90. The number of hydrogen-bond donors (Lipinski definition) is 1. The summed E-state index contributed by atoms with van der Waals surface area (Å²) in [7, 11) is 0. The van der Waals surface area contributed by atoms with Crippen LogP contribution in [0.25, 0.3) is 0 Å². The summed E-state index contributed by atoms with van der Waals surface area (Å²) in [5, 5.41) is 7.36. The highest BCUT2D eigenvalue weighted by Gasteiger charge is 2.14. The highest BCUT2D eigenvalue weighted by atomic mass is 35.5. The molecule has 0 spiro atoms. The first-order valence-electron chi connectivity index (χ1n) is 6.35. The van der Waals surface area contributed by atoms with Crippen molar-refractivity contribution >= 4 is 17.5 Å². The van der Waals surface area contributed by atoms with Gasteiger partial charge in [0.05, 0.1) is 5.02 Å². The molecule has 1 heterocycles. The third kappa shape index (κ3) is 3.99. The Bertz CT molecular complexity index is 387. The molecule has 1 rings (SSSR count). The first kappa shape index (κ1) is 15.0. The molecule has 1 N–H and O–H groups in total. The number of aromatic nitrogens is 2. The van der Waals surface area contributed by atoms with Crippen molar-refractivity contribution in [2.24, 2.45) is 0 Å². The van der Waals surface area contributed by atoms with Crippen LogP contribution < -0.4 is 5.32 Å². The maximum Gasteiger partial charge on any atom is 0.273 e. The van der Waals surface area contributed by atoms with Gasteiger partial charge in [-0.3, -0.25) is 9.48 Å². The average Bonchev–Trinajstić information content (AvgIpc) is 2.76. The molecule has 0 radical (unpaired) electrons. The normalized spacial score (nSPS) is 10.9. The minimum Gasteiger partial charge on any atom is -0.349 e. The van der Waals surface area contributed by atoms with Gasteiger partial charge in [-0.2, -0.15) is 5.10 Å². The summed E-state index contributed by atoms with van der Waals surface area (Å²) in [6.07, 6.45) is 1.67. The molecule has 0 unspecified atom stereocenters. The van der Waals surface area contributed by atoms with E-state index in [1.165, 1.54) is 0 Å². The third-order valence-electron chi connectivity index (χ3n) is 2.86. The summed E-state index contributed by atoms with van der Waals surface area (Å²) in [5.74, 6) is -0.209. The van der Waals surface area contributed by atoms with Gasteiger partial charge >= 0.3 is 0 Å². The Hall–Kier alpha value is -1.07. The quantitative estimate of drug-likeness (QED) is 0.821. The maximum absolute atomic E-state index is 11.9. The van der Waals surface area contributed by atoms with Gasteiger partial charge in [0.1, 0.15) is 0 Å². The largest absolute Gasteiger partial charge is 0.349 e. The molecule has 6 heteroatoms. The highest BCUT2D eigenvalue weighted by molar-refractivity contribution is 6.33. The van der Waals surface area contributed by atoms with Gasteiger partial charge in [0.25, 0.3) is 5.91 Å². The molecule has 1 amide bonds. The zero-order chi connectivity index (χ0) is 13.5. The lowest BCUT2D eigenvalue weighted by Crippen LogP contribution is -2.35. The molecule has 0 aliphatic rings. The molecule has 0 aliphatic carbocycles. The molecular weight excluding hydrogens is 252 g/mol. The summed E-state index contributed by atoms with van der Waals surface area (Å²) in [4.78, 5) is 14.1. The van der Waals surface area contributed by atoms with E-state index in [2.05, 4.69) is 29.2 Å². The van der Waals surface area contributed by atoms with Crippen molar-refractivity contribution in [2.45, 2.75) is 27.3 Å². The van der Waals surface area contributed by atoms with E-state index in [-0.39, 0.29) is 5.91 Å². The van der Waals surface area contributed by atoms with E-state index in [1.54, 1.807) is 10.9 Å². The molecule has 0 aliphatic heterocycles. The molecular formula is C12H21ClN4O. The van der Waals surface area contributed by atoms with Gasteiger partial charge in [-0.1, -0.05) is 25.4 Å². The molecule has 0 atom stereocenters. The van der Waals surface area contributed by atoms with Crippen LogP contribution >= 0.6 is 11.6 Å². The van der Waals surface area contributed by atoms with E-state index in [9.17, 15) is 4.79 Å². The first-order valence-corrected chi connectivity index (χ1v) is 6.73. The second-order valence-electron chi connectivity index (χ2n) is 3.96. The summed E-state index contributed by atoms with van der Waals surface area (Å²) in [6, 6.07) is 0. The minimum absolute atomic E-state index is 0.209. The molecule has 0 aromatic carbocycles. The van der Waals surface area contributed by atoms with Crippen molar-refractivity contribution < 1.29 is 4.79 Å². The number of nitrogens with zero attached hydrogens (tertiary/aromatic N) is 3. The smallest absolute Gasteiger partial charge is 0.273 e. The van der Waals surface area contributed by atoms with Crippen LogP contribution in [0.5, 0.6) is 0 Å². The first-order chi connectivity index (χ1) is 8.62. The molecule has 0 saturated carbocycles. The lowest BCUT2D eigenvalue weighted by Gasteiger charge is -2.17. The third-order valence-corrected chi connectivity index (χ3v) is 3.14. The predicted molar refractivity (Wildman–Crippen MR) is 73.0 cm³/mol. The summed E-state index contributed by atoms with van der Waals surface area (Å²) < 4.78 is 1.65. The van der Waals surface area contributed by atoms with Crippen LogP contribution in [0.15, 0.2) is 6.20 Å². The minimum atomic E-state index is -0.209. The average molecular weight is 273 g/mol. The molecule has 0 saturated heterocycles. The molecule has 5 nitrogen and oxygen atoms in total. The lowest BCUT2D eigenvalue weighted by atomic mass is 10.4. The number of aryl methyl sites for hydroxylation is 1. The molecule has 0 bridgehead atoms. The molecule has 1 aromatic heterocycles. The number of carbonyl (C=O) groups excluding carboxylic acids is 1. The Morgan fingerprint density at radius 2 is 2.11 bits per heavy atom. The van der Waals surface area contributed by atoms with Gasteiger partial charge in [-0.25, -0.2) is 0 Å². The van der Waals surface area contributed by atoms with E-state index in [0.29, 0.717) is 23.8 Å². The van der Waals surface area contributed by atoms with Crippen molar-refractivity contribution in [2.75, 3.05) is 26.2 Å². The van der Waals surface area contributed by atoms with E-state index in [1.807, 2.05) is 6.92 Å². The van der Waals surface area contributed by atoms with Crippen LogP contribution in [0, 0.1) is 0 Å². The van der Waals surface area contributed by atoms with Gasteiger partial charge in [0.2, 0.25) is 0 Å². The number of likely N-dealkylation sites (N-methyl/N-ethyl adjacent to an activating group) is 1. The number of nitrogens with one attached hydrogen (secondary N) is 1. The van der Waals surface area contributed by atoms with Crippen LogP contribution in [0.2, 0.25) is 5.02 Å². The van der Waals surface area contributed by atoms with Crippen molar-refractivity contribution in [3.63, 3.8) is 0 Å². The van der Waals surface area contributed by atoms with Gasteiger partial charge in [-0.15, -0.1) is 0 Å². The van der Waals surface area contributed by atoms with Crippen LogP contribution in [-0.4, -0.2) is 46.8 Å². The molecule has 1 aromatic rings. The zero-order valence-electron chi connectivity index (χ0n) is 11.2. The van der Waals surface area contributed by atoms with Crippen molar-refractivity contribution in [1.82, 2.24) is 20.0 Å². The second-order valence-corrected chi connectivity index (χ2v) is 4.37. The van der Waals surface area contributed by atoms with E-state index in [4.69, 9.17) is 11.6 Å². The standard InChI is InChI=1S/C12H21ClN4O/c1-4-16(5-2)8-7-14-12(18)11-10(13)9-17(6-3)15-11/h9H,4-8H2,1-3H3,(H,14,18). The van der Waals surface area contributed by atoms with Crippen LogP contribution in [-0.2, 0) is 6.54 Å². The van der Waals surface area contributed by atoms with Gasteiger partial charge in [0.15, 0.2) is 5.69 Å². The number of amides is 1. The fraction of sp³-hybridized carbons (Fsp3) is 0.667. The van der Waals surface area contributed by atoms with Crippen molar-refractivity contribution in [3.05, 3.63) is 16.9 Å². The summed E-state index contributed by atoms with van der Waals surface area (Å²) in [6.45, 7) is 10.3. The van der Waals surface area contributed by atoms with Crippen LogP contribution in [0.4, 0.5) is 0 Å². The Balaban J connectivity index is 2.47. The maximum atomic E-state index is 11.9. The number of halogens is 1. The Morgan fingerprint density at radius 3 is 2.61 bits per heavy atom. The van der Waals surface area contributed by atoms with Gasteiger partial charge < -0.3 is 10.2 Å². The van der Waals surface area contributed by atoms with Gasteiger partial charge in [-0.05, 0) is 20.0 Å². The Labute approximate surface area is 113 Å². The predicted octanol–water partition coefficient (Wildman–Crippen LogP) is 1.63. The SMILES string of the molecule is CCN(CC)CCNC(=O)c1nn(CC)cc1Cl. The van der Waals surface area contributed by atoms with Crippen LogP contribution in [0.3, 0.4) is 0 Å². The fourth-order valence-electron chi connectivity index (χ4n) is 1.66. The van der Waals surface area contributed by atoms with E-state index < -0.39 is 0 Å². The number of hydrogen-bond acceptors (Lipinski definition) is 3. The van der Waals surface area contributed by atoms with Gasteiger partial charge in [0, 0.05) is 25.8 Å². The zero-order valence-corrected chi connectivity index (χ0v) is 12.0. The number of carbonyl (C=O) groups is 1. The Morgan fingerprint density at radius 1 is 1.44 bits per heavy atom. The van der Waals surface area contributed by atoms with Crippen LogP contribution in [0.1, 0.15) is 31.3 Å². The lowest BCUT2D eigenvalue weighted by molar-refractivity contribution is 0.0943. The van der Waals surface area contributed by atoms with Crippen molar-refractivity contribution in [1.29, 1.82) is 0 Å². The molecule has 0 fully saturated rings. The van der Waals surface area contributed by atoms with Crippen molar-refractivity contribution in [3.8, 4) is 0 Å². The number of rotatable bonds is 7.